The number of hydrogen-bond acceptors (Lipinski definition) is 2. The van der Waals surface area contributed by atoms with Crippen LogP contribution in [0.3, 0.4) is 0 Å². The highest BCUT2D eigenvalue weighted by Gasteiger charge is 2.27. The minimum Gasteiger partial charge on any atom is -0.491 e. The second kappa shape index (κ2) is 8.03. The predicted octanol–water partition coefficient (Wildman–Crippen LogP) is 3.54. The summed E-state index contributed by atoms with van der Waals surface area (Å²) in [6.07, 6.45) is -4.31. The van der Waals surface area contributed by atoms with E-state index in [9.17, 15) is 13.2 Å². The summed E-state index contributed by atoms with van der Waals surface area (Å²) in [4.78, 5) is 0. The topological polar surface area (TPSA) is 18.5 Å². The zero-order valence-electron chi connectivity index (χ0n) is 10.9. The van der Waals surface area contributed by atoms with Gasteiger partial charge in [-0.25, -0.2) is 0 Å². The maximum Gasteiger partial charge on any atom is 0.411 e. The van der Waals surface area contributed by atoms with Crippen molar-refractivity contribution in [2.24, 2.45) is 0 Å². The molecule has 0 saturated heterocycles. The molecule has 0 unspecified atom stereocenters. The Morgan fingerprint density at radius 1 is 1.25 bits per heavy atom. The lowest BCUT2D eigenvalue weighted by Gasteiger charge is -2.10. The number of aryl methyl sites for hydroxylation is 1. The molecule has 0 aliphatic carbocycles. The monoisotopic (exact) mass is 306 g/mol. The van der Waals surface area contributed by atoms with Gasteiger partial charge >= 0.3 is 6.18 Å². The molecule has 20 heavy (non-hydrogen) atoms. The van der Waals surface area contributed by atoms with Gasteiger partial charge in [-0.15, -0.1) is 11.6 Å². The van der Waals surface area contributed by atoms with E-state index in [1.807, 2.05) is 6.92 Å². The van der Waals surface area contributed by atoms with Crippen molar-refractivity contribution in [3.63, 3.8) is 0 Å². The number of halogens is 4. The Balaban J connectivity index is 2.40. The standard InChI is InChI=1S/C14H14ClF3O2/c1-11-9-13(5-4-12(11)3-2-6-15)20-8-7-19-10-14(16,17)18/h4-5,9H,6-8,10H2,1H3. The predicted molar refractivity (Wildman–Crippen MR) is 71.1 cm³/mol. The van der Waals surface area contributed by atoms with E-state index in [1.54, 1.807) is 18.2 Å². The van der Waals surface area contributed by atoms with E-state index in [1.165, 1.54) is 0 Å². The lowest BCUT2D eigenvalue weighted by molar-refractivity contribution is -0.175. The van der Waals surface area contributed by atoms with Crippen LogP contribution in [0.1, 0.15) is 11.1 Å². The van der Waals surface area contributed by atoms with Crippen LogP contribution in [0.2, 0.25) is 0 Å². The second-order valence-corrected chi connectivity index (χ2v) is 4.20. The Morgan fingerprint density at radius 3 is 2.60 bits per heavy atom. The first-order valence-corrected chi connectivity index (χ1v) is 6.38. The Hall–Kier alpha value is -1.38. The van der Waals surface area contributed by atoms with Crippen LogP contribution in [-0.4, -0.2) is 31.9 Å². The summed E-state index contributed by atoms with van der Waals surface area (Å²) in [5.41, 5.74) is 1.75. The van der Waals surface area contributed by atoms with E-state index in [2.05, 4.69) is 16.6 Å². The van der Waals surface area contributed by atoms with Crippen molar-refractivity contribution in [3.05, 3.63) is 29.3 Å². The highest BCUT2D eigenvalue weighted by atomic mass is 35.5. The molecule has 0 aromatic heterocycles. The van der Waals surface area contributed by atoms with Crippen molar-refractivity contribution in [1.82, 2.24) is 0 Å². The number of alkyl halides is 4. The Morgan fingerprint density at radius 2 is 2.00 bits per heavy atom. The molecule has 1 rings (SSSR count). The molecule has 6 heteroatoms. The molecule has 0 atom stereocenters. The van der Waals surface area contributed by atoms with E-state index < -0.39 is 12.8 Å². The van der Waals surface area contributed by atoms with Gasteiger partial charge in [-0.05, 0) is 30.7 Å². The largest absolute Gasteiger partial charge is 0.491 e. The van der Waals surface area contributed by atoms with Crippen molar-refractivity contribution < 1.29 is 22.6 Å². The minimum absolute atomic E-state index is 0.0578. The molecular weight excluding hydrogens is 293 g/mol. The van der Waals surface area contributed by atoms with Gasteiger partial charge in [0, 0.05) is 5.56 Å². The van der Waals surface area contributed by atoms with Gasteiger partial charge in [-0.3, -0.25) is 0 Å². The van der Waals surface area contributed by atoms with Crippen LogP contribution < -0.4 is 4.74 Å². The second-order valence-electron chi connectivity index (χ2n) is 3.93. The van der Waals surface area contributed by atoms with Gasteiger partial charge in [0.15, 0.2) is 0 Å². The average molecular weight is 307 g/mol. The van der Waals surface area contributed by atoms with E-state index in [4.69, 9.17) is 16.3 Å². The van der Waals surface area contributed by atoms with Gasteiger partial charge < -0.3 is 9.47 Å². The summed E-state index contributed by atoms with van der Waals surface area (Å²) in [6.45, 7) is 0.544. The number of benzene rings is 1. The van der Waals surface area contributed by atoms with Gasteiger partial charge in [0.05, 0.1) is 12.5 Å². The van der Waals surface area contributed by atoms with E-state index in [0.29, 0.717) is 5.75 Å². The van der Waals surface area contributed by atoms with Crippen molar-refractivity contribution in [2.75, 3.05) is 25.7 Å². The molecule has 0 bridgehead atoms. The molecule has 0 radical (unpaired) electrons. The van der Waals surface area contributed by atoms with Gasteiger partial charge in [0.2, 0.25) is 0 Å². The third kappa shape index (κ3) is 6.69. The van der Waals surface area contributed by atoms with Gasteiger partial charge in [-0.2, -0.15) is 13.2 Å². The molecule has 0 aliphatic heterocycles. The van der Waals surface area contributed by atoms with Gasteiger partial charge in [0.25, 0.3) is 0 Å². The first kappa shape index (κ1) is 16.7. The van der Waals surface area contributed by atoms with Crippen molar-refractivity contribution in [3.8, 4) is 17.6 Å². The molecule has 1 aromatic carbocycles. The molecular formula is C14H14ClF3O2. The lowest BCUT2D eigenvalue weighted by atomic mass is 10.1. The lowest BCUT2D eigenvalue weighted by Crippen LogP contribution is -2.19. The zero-order valence-corrected chi connectivity index (χ0v) is 11.6. The minimum atomic E-state index is -4.31. The maximum absolute atomic E-state index is 11.8. The van der Waals surface area contributed by atoms with E-state index in [-0.39, 0.29) is 19.1 Å². The summed E-state index contributed by atoms with van der Waals surface area (Å²) in [7, 11) is 0. The molecule has 0 N–H and O–H groups in total. The van der Waals surface area contributed by atoms with Crippen LogP contribution in [0.15, 0.2) is 18.2 Å². The zero-order chi connectivity index (χ0) is 15.0. The molecule has 1 aromatic rings. The summed E-state index contributed by atoms with van der Waals surface area (Å²) in [5, 5.41) is 0. The van der Waals surface area contributed by atoms with Crippen LogP contribution in [0, 0.1) is 18.8 Å². The molecule has 110 valence electrons. The van der Waals surface area contributed by atoms with Crippen LogP contribution in [0.5, 0.6) is 5.75 Å². The Labute approximate surface area is 120 Å². The fraction of sp³-hybridized carbons (Fsp3) is 0.429. The normalized spacial score (nSPS) is 10.8. The first-order chi connectivity index (χ1) is 9.42. The SMILES string of the molecule is Cc1cc(OCCOCC(F)(F)F)ccc1C#CCCl. The first-order valence-electron chi connectivity index (χ1n) is 5.85. The highest BCUT2D eigenvalue weighted by Crippen LogP contribution is 2.17. The number of hydrogen-bond donors (Lipinski definition) is 0. The third-order valence-electron chi connectivity index (χ3n) is 2.25. The summed E-state index contributed by atoms with van der Waals surface area (Å²) < 4.78 is 45.2. The summed E-state index contributed by atoms with van der Waals surface area (Å²) >= 11 is 5.47. The summed E-state index contributed by atoms with van der Waals surface area (Å²) in [5.74, 6) is 6.47. The fourth-order valence-electron chi connectivity index (χ4n) is 1.40. The Bertz CT molecular complexity index is 489. The van der Waals surface area contributed by atoms with Gasteiger partial charge in [-0.1, -0.05) is 11.8 Å². The smallest absolute Gasteiger partial charge is 0.411 e. The maximum atomic E-state index is 11.8. The number of rotatable bonds is 5. The molecule has 0 heterocycles. The van der Waals surface area contributed by atoms with Crippen LogP contribution in [0.4, 0.5) is 13.2 Å². The quantitative estimate of drug-likeness (QED) is 0.470. The van der Waals surface area contributed by atoms with E-state index >= 15 is 0 Å². The Kier molecular flexibility index (Phi) is 6.69. The molecule has 0 saturated carbocycles. The van der Waals surface area contributed by atoms with Crippen molar-refractivity contribution in [1.29, 1.82) is 0 Å². The summed E-state index contributed by atoms with van der Waals surface area (Å²) in [6, 6.07) is 5.25. The fourth-order valence-corrected chi connectivity index (χ4v) is 1.47. The highest BCUT2D eigenvalue weighted by molar-refractivity contribution is 6.19. The third-order valence-corrected chi connectivity index (χ3v) is 2.38. The molecule has 0 aliphatic rings. The van der Waals surface area contributed by atoms with Crippen LogP contribution in [-0.2, 0) is 4.74 Å². The van der Waals surface area contributed by atoms with Crippen molar-refractivity contribution >= 4 is 11.6 Å². The van der Waals surface area contributed by atoms with Gasteiger partial charge in [0.1, 0.15) is 19.0 Å². The average Bonchev–Trinajstić information content (AvgIpc) is 2.36. The van der Waals surface area contributed by atoms with Crippen LogP contribution in [0.25, 0.3) is 0 Å². The van der Waals surface area contributed by atoms with Crippen LogP contribution >= 0.6 is 11.6 Å². The molecule has 0 fully saturated rings. The molecule has 0 spiro atoms. The van der Waals surface area contributed by atoms with E-state index in [0.717, 1.165) is 11.1 Å². The molecule has 0 amide bonds. The molecule has 2 nitrogen and oxygen atoms in total. The number of ether oxygens (including phenoxy) is 2. The van der Waals surface area contributed by atoms with Crippen molar-refractivity contribution in [2.45, 2.75) is 13.1 Å².